The molecule has 0 aliphatic rings. The molecule has 9 aromatic rings. The number of furan rings is 2. The Labute approximate surface area is 242 Å². The van der Waals surface area contributed by atoms with Gasteiger partial charge in [-0.05, 0) is 73.1 Å². The molecule has 2 aromatic heterocycles. The molecule has 0 spiro atoms. The summed E-state index contributed by atoms with van der Waals surface area (Å²) in [5, 5.41) is 8.27. The van der Waals surface area contributed by atoms with E-state index in [0.29, 0.717) is 0 Å². The Kier molecular flexibility index (Phi) is 4.93. The molecule has 0 N–H and O–H groups in total. The van der Waals surface area contributed by atoms with Gasteiger partial charge in [0.25, 0.3) is 0 Å². The second-order valence-electron chi connectivity index (χ2n) is 10.8. The highest BCUT2D eigenvalue weighted by molar-refractivity contribution is 6.22. The smallest absolute Gasteiger partial charge is 0.178 e. The summed E-state index contributed by atoms with van der Waals surface area (Å²) in [4.78, 5) is 0. The molecule has 2 heteroatoms. The van der Waals surface area contributed by atoms with Crippen molar-refractivity contribution in [3.05, 3.63) is 146 Å². The third kappa shape index (κ3) is 3.33. The first kappa shape index (κ1) is 23.1. The number of hydrogen-bond donors (Lipinski definition) is 0. The molecule has 42 heavy (non-hydrogen) atoms. The maximum absolute atomic E-state index is 6.33. The van der Waals surface area contributed by atoms with E-state index in [1.165, 1.54) is 43.8 Å². The van der Waals surface area contributed by atoms with Crippen molar-refractivity contribution < 1.29 is 8.83 Å². The van der Waals surface area contributed by atoms with Crippen LogP contribution in [-0.2, 0) is 0 Å². The standard InChI is InChI=1S/C40H24O2/c1-2-9-26(10-3-1)36-30-11-4-6-13-32(30)37(33-14-7-5-12-31(33)36)27-19-17-25(18-20-27)29-15-8-16-35-38(29)34-22-21-28-23-24-41-39(28)40(34)42-35/h1-24H. The van der Waals surface area contributed by atoms with Gasteiger partial charge in [-0.25, -0.2) is 0 Å². The second-order valence-corrected chi connectivity index (χ2v) is 10.8. The Morgan fingerprint density at radius 2 is 0.976 bits per heavy atom. The molecule has 0 saturated carbocycles. The molecule has 0 amide bonds. The van der Waals surface area contributed by atoms with E-state index in [2.05, 4.69) is 127 Å². The fourth-order valence-electron chi connectivity index (χ4n) is 6.72. The van der Waals surface area contributed by atoms with Crippen molar-refractivity contribution in [3.8, 4) is 33.4 Å². The summed E-state index contributed by atoms with van der Waals surface area (Å²) in [5.41, 5.74) is 9.75. The molecule has 0 saturated heterocycles. The summed E-state index contributed by atoms with van der Waals surface area (Å²) >= 11 is 0. The van der Waals surface area contributed by atoms with E-state index in [-0.39, 0.29) is 0 Å². The molecule has 2 heterocycles. The van der Waals surface area contributed by atoms with Crippen LogP contribution in [0, 0.1) is 0 Å². The Balaban J connectivity index is 1.26. The van der Waals surface area contributed by atoms with Crippen LogP contribution < -0.4 is 0 Å². The average Bonchev–Trinajstić information content (AvgIpc) is 3.69. The summed E-state index contributed by atoms with van der Waals surface area (Å²) in [6, 6.07) is 49.8. The van der Waals surface area contributed by atoms with Gasteiger partial charge in [-0.2, -0.15) is 0 Å². The van der Waals surface area contributed by atoms with E-state index in [1.54, 1.807) is 6.26 Å². The Bertz CT molecular complexity index is 2380. The highest BCUT2D eigenvalue weighted by Crippen LogP contribution is 2.44. The molecule has 0 fully saturated rings. The van der Waals surface area contributed by atoms with Crippen molar-refractivity contribution in [2.75, 3.05) is 0 Å². The van der Waals surface area contributed by atoms with Gasteiger partial charge in [0.15, 0.2) is 11.2 Å². The maximum atomic E-state index is 6.33. The zero-order chi connectivity index (χ0) is 27.6. The van der Waals surface area contributed by atoms with Crippen molar-refractivity contribution >= 4 is 54.5 Å². The molecule has 0 aliphatic heterocycles. The number of rotatable bonds is 3. The number of hydrogen-bond acceptors (Lipinski definition) is 2. The second kappa shape index (κ2) is 8.95. The molecule has 0 aliphatic carbocycles. The van der Waals surface area contributed by atoms with Crippen molar-refractivity contribution in [2.24, 2.45) is 0 Å². The lowest BCUT2D eigenvalue weighted by Crippen LogP contribution is -1.90. The summed E-state index contributed by atoms with van der Waals surface area (Å²) in [6.07, 6.45) is 1.72. The van der Waals surface area contributed by atoms with E-state index in [1.807, 2.05) is 12.1 Å². The first-order chi connectivity index (χ1) is 20.8. The van der Waals surface area contributed by atoms with E-state index >= 15 is 0 Å². The van der Waals surface area contributed by atoms with Gasteiger partial charge in [-0.1, -0.05) is 121 Å². The van der Waals surface area contributed by atoms with Crippen LogP contribution in [0.15, 0.2) is 155 Å². The summed E-state index contributed by atoms with van der Waals surface area (Å²) in [7, 11) is 0. The van der Waals surface area contributed by atoms with E-state index in [4.69, 9.17) is 8.83 Å². The number of fused-ring (bicyclic) bond motifs is 7. The minimum atomic E-state index is 0.794. The molecule has 0 unspecified atom stereocenters. The lowest BCUT2D eigenvalue weighted by molar-refractivity contribution is 0.600. The lowest BCUT2D eigenvalue weighted by Gasteiger charge is -2.18. The zero-order valence-corrected chi connectivity index (χ0v) is 22.7. The minimum Gasteiger partial charge on any atom is -0.460 e. The van der Waals surface area contributed by atoms with Gasteiger partial charge in [-0.15, -0.1) is 0 Å². The minimum absolute atomic E-state index is 0.794. The number of benzene rings is 7. The van der Waals surface area contributed by atoms with Crippen LogP contribution in [-0.4, -0.2) is 0 Å². The van der Waals surface area contributed by atoms with Gasteiger partial charge in [0.05, 0.1) is 6.26 Å². The first-order valence-electron chi connectivity index (χ1n) is 14.3. The van der Waals surface area contributed by atoms with Crippen molar-refractivity contribution in [2.45, 2.75) is 0 Å². The third-order valence-electron chi connectivity index (χ3n) is 8.56. The largest absolute Gasteiger partial charge is 0.460 e. The molecule has 196 valence electrons. The quantitative estimate of drug-likeness (QED) is 0.210. The summed E-state index contributed by atoms with van der Waals surface area (Å²) in [6.45, 7) is 0. The van der Waals surface area contributed by atoms with Gasteiger partial charge in [0, 0.05) is 16.2 Å². The Morgan fingerprint density at radius 1 is 0.381 bits per heavy atom. The fraction of sp³-hybridized carbons (Fsp3) is 0. The van der Waals surface area contributed by atoms with Crippen LogP contribution in [0.5, 0.6) is 0 Å². The molecule has 0 bridgehead atoms. The zero-order valence-electron chi connectivity index (χ0n) is 22.7. The topological polar surface area (TPSA) is 26.3 Å². The molecule has 2 nitrogen and oxygen atoms in total. The molecule has 0 radical (unpaired) electrons. The predicted molar refractivity (Wildman–Crippen MR) is 175 cm³/mol. The van der Waals surface area contributed by atoms with E-state index in [0.717, 1.165) is 44.0 Å². The van der Waals surface area contributed by atoms with Crippen molar-refractivity contribution in [1.82, 2.24) is 0 Å². The molecule has 9 rings (SSSR count). The normalized spacial score (nSPS) is 11.8. The van der Waals surface area contributed by atoms with Gasteiger partial charge in [0.1, 0.15) is 5.58 Å². The van der Waals surface area contributed by atoms with Crippen LogP contribution in [0.2, 0.25) is 0 Å². The SMILES string of the molecule is c1ccc(-c2c3ccccc3c(-c3ccc(-c4cccc5oc6c(ccc7ccoc76)c45)cc3)c3ccccc23)cc1. The molecule has 7 aromatic carbocycles. The van der Waals surface area contributed by atoms with Gasteiger partial charge in [0.2, 0.25) is 0 Å². The molecule has 0 atom stereocenters. The van der Waals surface area contributed by atoms with Crippen LogP contribution in [0.4, 0.5) is 0 Å². The molecular weight excluding hydrogens is 512 g/mol. The lowest BCUT2D eigenvalue weighted by atomic mass is 9.85. The average molecular weight is 537 g/mol. The van der Waals surface area contributed by atoms with Crippen molar-refractivity contribution in [3.63, 3.8) is 0 Å². The van der Waals surface area contributed by atoms with Crippen molar-refractivity contribution in [1.29, 1.82) is 0 Å². The van der Waals surface area contributed by atoms with Gasteiger partial charge < -0.3 is 8.83 Å². The predicted octanol–water partition coefficient (Wildman–Crippen LogP) is 11.6. The van der Waals surface area contributed by atoms with Crippen LogP contribution in [0.25, 0.3) is 87.8 Å². The highest BCUT2D eigenvalue weighted by Gasteiger charge is 2.18. The third-order valence-corrected chi connectivity index (χ3v) is 8.56. The van der Waals surface area contributed by atoms with E-state index < -0.39 is 0 Å². The van der Waals surface area contributed by atoms with Gasteiger partial charge in [-0.3, -0.25) is 0 Å². The summed E-state index contributed by atoms with van der Waals surface area (Å²) < 4.78 is 12.1. The highest BCUT2D eigenvalue weighted by atomic mass is 16.4. The van der Waals surface area contributed by atoms with Crippen LogP contribution in [0.1, 0.15) is 0 Å². The maximum Gasteiger partial charge on any atom is 0.178 e. The van der Waals surface area contributed by atoms with Gasteiger partial charge >= 0.3 is 0 Å². The molecular formula is C40H24O2. The Morgan fingerprint density at radius 3 is 1.64 bits per heavy atom. The first-order valence-corrected chi connectivity index (χ1v) is 14.3. The Hall–Kier alpha value is -5.60. The van der Waals surface area contributed by atoms with Crippen LogP contribution >= 0.6 is 0 Å². The summed E-state index contributed by atoms with van der Waals surface area (Å²) in [5.74, 6) is 0. The van der Waals surface area contributed by atoms with Crippen LogP contribution in [0.3, 0.4) is 0 Å². The van der Waals surface area contributed by atoms with E-state index in [9.17, 15) is 0 Å². The monoisotopic (exact) mass is 536 g/mol. The fourth-order valence-corrected chi connectivity index (χ4v) is 6.72.